The first-order valence-corrected chi connectivity index (χ1v) is 7.65. The molecule has 4 nitrogen and oxygen atoms in total. The molecule has 21 heavy (non-hydrogen) atoms. The van der Waals surface area contributed by atoms with Crippen LogP contribution in [0.15, 0.2) is 30.3 Å². The third-order valence-corrected chi connectivity index (χ3v) is 4.51. The summed E-state index contributed by atoms with van der Waals surface area (Å²) in [6.07, 6.45) is 3.42. The normalized spacial score (nSPS) is 20.0. The fraction of sp³-hybridized carbons (Fsp3) is 0.385. The Morgan fingerprint density at radius 3 is 2.43 bits per heavy atom. The summed E-state index contributed by atoms with van der Waals surface area (Å²) in [5, 5.41) is 0. The average molecular weight is 320 g/mol. The van der Waals surface area contributed by atoms with Crippen LogP contribution in [0.3, 0.4) is 0 Å². The molecule has 2 aliphatic rings. The molecule has 0 aromatic heterocycles. The van der Waals surface area contributed by atoms with E-state index in [0.29, 0.717) is 18.6 Å². The van der Waals surface area contributed by atoms with Gasteiger partial charge in [-0.05, 0) is 31.4 Å². The first kappa shape index (κ1) is 14.2. The van der Waals surface area contributed by atoms with E-state index in [4.69, 9.17) is 4.74 Å². The van der Waals surface area contributed by atoms with Crippen molar-refractivity contribution in [2.45, 2.75) is 30.4 Å². The molecule has 0 amide bonds. The van der Waals surface area contributed by atoms with E-state index in [-0.39, 0.29) is 11.3 Å². The Bertz CT molecular complexity index is 702. The molecule has 1 spiro atoms. The van der Waals surface area contributed by atoms with E-state index in [9.17, 15) is 21.6 Å². The molecule has 1 fully saturated rings. The maximum atomic E-state index is 12.5. The minimum absolute atomic E-state index is 0.197. The molecule has 0 saturated heterocycles. The van der Waals surface area contributed by atoms with Crippen molar-refractivity contribution in [1.29, 1.82) is 0 Å². The zero-order valence-corrected chi connectivity index (χ0v) is 11.5. The molecule has 0 bridgehead atoms. The van der Waals surface area contributed by atoms with Crippen LogP contribution in [0.4, 0.5) is 13.2 Å². The molecular weight excluding hydrogens is 309 g/mol. The van der Waals surface area contributed by atoms with Crippen molar-refractivity contribution in [1.82, 2.24) is 0 Å². The molecular formula is C13H11F3O4S. The quantitative estimate of drug-likeness (QED) is 0.620. The Labute approximate surface area is 119 Å². The predicted octanol–water partition coefficient (Wildman–Crippen LogP) is 3.21. The number of halogens is 3. The van der Waals surface area contributed by atoms with E-state index < -0.39 is 21.2 Å². The molecule has 0 radical (unpaired) electrons. The van der Waals surface area contributed by atoms with Gasteiger partial charge in [0.15, 0.2) is 5.76 Å². The third-order valence-electron chi connectivity index (χ3n) is 3.54. The number of hydrogen-bond acceptors (Lipinski definition) is 4. The molecule has 1 aromatic rings. The highest BCUT2D eigenvalue weighted by molar-refractivity contribution is 7.87. The van der Waals surface area contributed by atoms with E-state index in [1.165, 1.54) is 12.1 Å². The minimum Gasteiger partial charge on any atom is -0.482 e. The van der Waals surface area contributed by atoms with Gasteiger partial charge in [0.2, 0.25) is 0 Å². The summed E-state index contributed by atoms with van der Waals surface area (Å²) in [4.78, 5) is 0. The predicted molar refractivity (Wildman–Crippen MR) is 67.7 cm³/mol. The van der Waals surface area contributed by atoms with Gasteiger partial charge in [-0.25, -0.2) is 0 Å². The Morgan fingerprint density at radius 2 is 1.86 bits per heavy atom. The van der Waals surface area contributed by atoms with Gasteiger partial charge in [-0.3, -0.25) is 0 Å². The third kappa shape index (κ3) is 2.37. The van der Waals surface area contributed by atoms with Crippen LogP contribution in [0.5, 0.6) is 5.75 Å². The highest BCUT2D eigenvalue weighted by Crippen LogP contribution is 2.46. The number of benzene rings is 1. The van der Waals surface area contributed by atoms with Gasteiger partial charge in [0.05, 0.1) is 5.56 Å². The fourth-order valence-electron chi connectivity index (χ4n) is 2.33. The number of fused-ring (bicyclic) bond motifs is 1. The number of para-hydroxylation sites is 1. The largest absolute Gasteiger partial charge is 0.534 e. The lowest BCUT2D eigenvalue weighted by Crippen LogP contribution is -2.43. The van der Waals surface area contributed by atoms with E-state index in [0.717, 1.165) is 6.42 Å². The molecule has 0 unspecified atom stereocenters. The van der Waals surface area contributed by atoms with Gasteiger partial charge in [0.1, 0.15) is 11.4 Å². The Morgan fingerprint density at radius 1 is 1.19 bits per heavy atom. The van der Waals surface area contributed by atoms with Crippen LogP contribution in [-0.2, 0) is 14.3 Å². The van der Waals surface area contributed by atoms with Gasteiger partial charge in [-0.15, -0.1) is 0 Å². The summed E-state index contributed by atoms with van der Waals surface area (Å²) < 4.78 is 70.0. The van der Waals surface area contributed by atoms with Gasteiger partial charge in [0, 0.05) is 6.08 Å². The molecule has 114 valence electrons. The molecule has 0 N–H and O–H groups in total. The lowest BCUT2D eigenvalue weighted by Gasteiger charge is -2.42. The topological polar surface area (TPSA) is 52.6 Å². The van der Waals surface area contributed by atoms with Crippen molar-refractivity contribution in [3.05, 3.63) is 35.9 Å². The number of hydrogen-bond donors (Lipinski definition) is 0. The first-order chi connectivity index (χ1) is 9.73. The maximum absolute atomic E-state index is 12.5. The zero-order valence-electron chi connectivity index (χ0n) is 10.7. The summed E-state index contributed by atoms with van der Waals surface area (Å²) in [5.41, 5.74) is -6.03. The second-order valence-electron chi connectivity index (χ2n) is 5.01. The Kier molecular flexibility index (Phi) is 2.98. The standard InChI is InChI=1S/C13H11F3O4S/c14-13(15,16)21(17,18)20-11-8-12(6-3-7-12)19-10-5-2-1-4-9(10)11/h1-2,4-5,8H,3,6-7H2. The lowest BCUT2D eigenvalue weighted by atomic mass is 9.78. The maximum Gasteiger partial charge on any atom is 0.534 e. The van der Waals surface area contributed by atoms with Crippen LogP contribution in [0, 0.1) is 0 Å². The summed E-state index contributed by atoms with van der Waals surface area (Å²) in [6, 6.07) is 6.26. The molecule has 1 aliphatic carbocycles. The van der Waals surface area contributed by atoms with E-state index in [2.05, 4.69) is 4.18 Å². The molecule has 8 heteroatoms. The van der Waals surface area contributed by atoms with Crippen molar-refractivity contribution in [3.63, 3.8) is 0 Å². The second-order valence-corrected chi connectivity index (χ2v) is 6.55. The van der Waals surface area contributed by atoms with Crippen molar-refractivity contribution < 1.29 is 30.5 Å². The van der Waals surface area contributed by atoms with E-state index in [1.807, 2.05) is 0 Å². The van der Waals surface area contributed by atoms with Crippen molar-refractivity contribution in [2.24, 2.45) is 0 Å². The van der Waals surface area contributed by atoms with Gasteiger partial charge in [-0.1, -0.05) is 12.1 Å². The number of ether oxygens (including phenoxy) is 1. The van der Waals surface area contributed by atoms with Crippen molar-refractivity contribution >= 4 is 15.9 Å². The lowest BCUT2D eigenvalue weighted by molar-refractivity contribution is -0.0512. The molecule has 3 rings (SSSR count). The van der Waals surface area contributed by atoms with E-state index in [1.54, 1.807) is 18.2 Å². The summed E-state index contributed by atoms with van der Waals surface area (Å²) in [5.74, 6) is 0.000879. The first-order valence-electron chi connectivity index (χ1n) is 6.25. The second kappa shape index (κ2) is 4.40. The van der Waals surface area contributed by atoms with Gasteiger partial charge >= 0.3 is 15.6 Å². The van der Waals surface area contributed by atoms with Crippen molar-refractivity contribution in [3.8, 4) is 5.75 Å². The molecule has 1 heterocycles. The molecule has 1 aliphatic heterocycles. The number of alkyl halides is 3. The summed E-state index contributed by atoms with van der Waals surface area (Å²) in [6.45, 7) is 0. The van der Waals surface area contributed by atoms with Crippen LogP contribution in [0.25, 0.3) is 5.76 Å². The minimum atomic E-state index is -5.70. The Balaban J connectivity index is 2.03. The average Bonchev–Trinajstić information content (AvgIpc) is 2.35. The van der Waals surface area contributed by atoms with Crippen LogP contribution in [0.1, 0.15) is 24.8 Å². The van der Waals surface area contributed by atoms with Crippen LogP contribution in [-0.4, -0.2) is 19.5 Å². The Hall–Kier alpha value is -1.70. The highest BCUT2D eigenvalue weighted by Gasteiger charge is 2.50. The zero-order chi connectivity index (χ0) is 15.3. The van der Waals surface area contributed by atoms with Crippen LogP contribution in [0.2, 0.25) is 0 Å². The molecule has 0 atom stereocenters. The van der Waals surface area contributed by atoms with E-state index >= 15 is 0 Å². The van der Waals surface area contributed by atoms with Crippen LogP contribution < -0.4 is 4.74 Å². The fourth-order valence-corrected chi connectivity index (χ4v) is 2.80. The van der Waals surface area contributed by atoms with Gasteiger partial charge in [-0.2, -0.15) is 21.6 Å². The van der Waals surface area contributed by atoms with Gasteiger partial charge < -0.3 is 8.92 Å². The smallest absolute Gasteiger partial charge is 0.482 e. The monoisotopic (exact) mass is 320 g/mol. The molecule has 1 aromatic carbocycles. The summed E-state index contributed by atoms with van der Waals surface area (Å²) in [7, 11) is -5.70. The number of rotatable bonds is 2. The summed E-state index contributed by atoms with van der Waals surface area (Å²) >= 11 is 0. The highest BCUT2D eigenvalue weighted by atomic mass is 32.2. The van der Waals surface area contributed by atoms with Gasteiger partial charge in [0.25, 0.3) is 0 Å². The van der Waals surface area contributed by atoms with Crippen molar-refractivity contribution in [2.75, 3.05) is 0 Å². The SMILES string of the molecule is O=S(=O)(OC1=CC2(CCC2)Oc2ccccc21)C(F)(F)F. The molecule has 1 saturated carbocycles. The van der Waals surface area contributed by atoms with Crippen LogP contribution >= 0.6 is 0 Å².